The number of hydrogen-bond donors (Lipinski definition) is 1. The number of likely N-dealkylation sites (N-methyl/N-ethyl adjacent to an activating group) is 1. The number of aromatic amines is 1. The maximum Gasteiger partial charge on any atom is 0.260 e. The van der Waals surface area contributed by atoms with Crippen LogP contribution in [0.15, 0.2) is 29.1 Å². The molecule has 0 bridgehead atoms. The lowest BCUT2D eigenvalue weighted by atomic mass is 10.1. The maximum absolute atomic E-state index is 12.6. The van der Waals surface area contributed by atoms with Crippen molar-refractivity contribution < 1.29 is 4.74 Å². The number of benzene rings is 1. The van der Waals surface area contributed by atoms with Crippen LogP contribution in [-0.4, -0.2) is 35.6 Å². The molecule has 1 N–H and O–H groups in total. The van der Waals surface area contributed by atoms with Crippen LogP contribution in [0, 0.1) is 0 Å². The molecule has 0 amide bonds. The van der Waals surface area contributed by atoms with E-state index in [9.17, 15) is 4.79 Å². The Kier molecular flexibility index (Phi) is 3.43. The van der Waals surface area contributed by atoms with E-state index in [4.69, 9.17) is 9.72 Å². The lowest BCUT2D eigenvalue weighted by Gasteiger charge is -2.21. The summed E-state index contributed by atoms with van der Waals surface area (Å²) in [6.45, 7) is 1.88. The molecule has 0 saturated heterocycles. The predicted octanol–water partition coefficient (Wildman–Crippen LogP) is 2.65. The van der Waals surface area contributed by atoms with Gasteiger partial charge in [0.15, 0.2) is 0 Å². The van der Waals surface area contributed by atoms with E-state index < -0.39 is 0 Å². The van der Waals surface area contributed by atoms with Gasteiger partial charge in [-0.05, 0) is 31.2 Å². The van der Waals surface area contributed by atoms with Gasteiger partial charge in [-0.1, -0.05) is 12.1 Å². The monoisotopic (exact) mass is 327 g/mol. The Morgan fingerprint density at radius 3 is 3.09 bits per heavy atom. The van der Waals surface area contributed by atoms with Gasteiger partial charge in [-0.2, -0.15) is 0 Å². The van der Waals surface area contributed by atoms with Gasteiger partial charge in [0.1, 0.15) is 16.4 Å². The van der Waals surface area contributed by atoms with E-state index in [0.717, 1.165) is 41.0 Å². The highest BCUT2D eigenvalue weighted by Gasteiger charge is 2.22. The van der Waals surface area contributed by atoms with Crippen LogP contribution in [0.25, 0.3) is 21.6 Å². The molecule has 1 aliphatic rings. The first kappa shape index (κ1) is 14.4. The first-order chi connectivity index (χ1) is 11.2. The van der Waals surface area contributed by atoms with Gasteiger partial charge in [0.25, 0.3) is 5.56 Å². The molecule has 0 unspecified atom stereocenters. The number of rotatable bonds is 2. The Bertz CT molecular complexity index is 945. The second-order valence-corrected chi connectivity index (χ2v) is 6.90. The van der Waals surface area contributed by atoms with Crippen LogP contribution in [0.1, 0.15) is 10.4 Å². The first-order valence-corrected chi connectivity index (χ1v) is 8.35. The second-order valence-electron chi connectivity index (χ2n) is 5.82. The average molecular weight is 327 g/mol. The summed E-state index contributed by atoms with van der Waals surface area (Å²) in [5.41, 5.74) is 1.98. The highest BCUT2D eigenvalue weighted by molar-refractivity contribution is 7.18. The number of thiophene rings is 1. The fourth-order valence-corrected chi connectivity index (χ4v) is 4.34. The lowest BCUT2D eigenvalue weighted by molar-refractivity contribution is 0.318. The average Bonchev–Trinajstić information content (AvgIpc) is 2.92. The molecule has 0 atom stereocenters. The molecule has 1 aromatic carbocycles. The Morgan fingerprint density at radius 2 is 2.26 bits per heavy atom. The molecule has 0 spiro atoms. The molecule has 0 aliphatic carbocycles. The zero-order chi connectivity index (χ0) is 16.0. The largest absolute Gasteiger partial charge is 0.497 e. The summed E-state index contributed by atoms with van der Waals surface area (Å²) in [6, 6.07) is 7.58. The number of hydrogen-bond acceptors (Lipinski definition) is 5. The van der Waals surface area contributed by atoms with Crippen molar-refractivity contribution in [1.29, 1.82) is 0 Å². The van der Waals surface area contributed by atoms with Crippen molar-refractivity contribution in [1.82, 2.24) is 14.9 Å². The van der Waals surface area contributed by atoms with Gasteiger partial charge in [-0.3, -0.25) is 4.79 Å². The molecule has 23 heavy (non-hydrogen) atoms. The van der Waals surface area contributed by atoms with E-state index in [0.29, 0.717) is 5.82 Å². The highest BCUT2D eigenvalue weighted by atomic mass is 32.1. The van der Waals surface area contributed by atoms with Gasteiger partial charge in [-0.25, -0.2) is 4.98 Å². The van der Waals surface area contributed by atoms with E-state index in [1.165, 1.54) is 10.4 Å². The van der Waals surface area contributed by atoms with Crippen LogP contribution in [0.3, 0.4) is 0 Å². The zero-order valence-electron chi connectivity index (χ0n) is 13.0. The summed E-state index contributed by atoms with van der Waals surface area (Å²) >= 11 is 1.63. The van der Waals surface area contributed by atoms with Crippen LogP contribution >= 0.6 is 11.3 Å². The van der Waals surface area contributed by atoms with E-state index in [1.54, 1.807) is 18.4 Å². The Hall–Kier alpha value is -2.18. The number of aromatic nitrogens is 2. The summed E-state index contributed by atoms with van der Waals surface area (Å²) in [6.07, 6.45) is 0.912. The molecule has 0 fully saturated rings. The molecule has 118 valence electrons. The van der Waals surface area contributed by atoms with Crippen molar-refractivity contribution >= 4 is 21.6 Å². The van der Waals surface area contributed by atoms with Crippen molar-refractivity contribution in [3.8, 4) is 17.1 Å². The summed E-state index contributed by atoms with van der Waals surface area (Å²) < 4.78 is 5.25. The lowest BCUT2D eigenvalue weighted by Crippen LogP contribution is -2.25. The summed E-state index contributed by atoms with van der Waals surface area (Å²) in [7, 11) is 3.73. The minimum Gasteiger partial charge on any atom is -0.497 e. The standard InChI is InChI=1S/C17H17N3O2S/c1-20-7-6-12-13(9-20)23-17-14(12)16(21)18-15(19-17)10-4-3-5-11(8-10)22-2/h3-5,8H,6-7,9H2,1-2H3,(H,18,19,21). The minimum absolute atomic E-state index is 0.0464. The number of methoxy groups -OCH3 is 1. The summed E-state index contributed by atoms with van der Waals surface area (Å²) in [5, 5.41) is 0.768. The fraction of sp³-hybridized carbons (Fsp3) is 0.294. The van der Waals surface area contributed by atoms with Crippen LogP contribution in [-0.2, 0) is 13.0 Å². The van der Waals surface area contributed by atoms with E-state index in [2.05, 4.69) is 16.9 Å². The smallest absolute Gasteiger partial charge is 0.260 e. The maximum atomic E-state index is 12.6. The Balaban J connectivity index is 1.89. The topological polar surface area (TPSA) is 58.2 Å². The van der Waals surface area contributed by atoms with Crippen molar-refractivity contribution in [2.75, 3.05) is 20.7 Å². The van der Waals surface area contributed by atoms with Crippen LogP contribution < -0.4 is 10.3 Å². The van der Waals surface area contributed by atoms with Crippen LogP contribution in [0.5, 0.6) is 5.75 Å². The van der Waals surface area contributed by atoms with Crippen molar-refractivity contribution in [2.24, 2.45) is 0 Å². The first-order valence-electron chi connectivity index (χ1n) is 7.53. The molecule has 6 heteroatoms. The molecule has 5 nitrogen and oxygen atoms in total. The number of H-pyrrole nitrogens is 1. The summed E-state index contributed by atoms with van der Waals surface area (Å²) in [5.74, 6) is 1.34. The number of fused-ring (bicyclic) bond motifs is 3. The summed E-state index contributed by atoms with van der Waals surface area (Å²) in [4.78, 5) is 24.6. The number of nitrogens with one attached hydrogen (secondary N) is 1. The Labute approximate surface area is 137 Å². The minimum atomic E-state index is -0.0464. The molecular formula is C17H17N3O2S. The molecule has 2 aromatic heterocycles. The van der Waals surface area contributed by atoms with Gasteiger partial charge in [-0.15, -0.1) is 11.3 Å². The molecule has 3 aromatic rings. The normalized spacial score (nSPS) is 14.9. The SMILES string of the molecule is COc1cccc(-c2nc3sc4c(c3c(=O)[nH]2)CCN(C)C4)c1. The zero-order valence-corrected chi connectivity index (χ0v) is 13.9. The third kappa shape index (κ3) is 2.44. The van der Waals surface area contributed by atoms with Crippen molar-refractivity contribution in [3.63, 3.8) is 0 Å². The number of nitrogens with zero attached hydrogens (tertiary/aromatic N) is 2. The van der Waals surface area contributed by atoms with Gasteiger partial charge in [0, 0.05) is 23.5 Å². The Morgan fingerprint density at radius 1 is 1.39 bits per heavy atom. The van der Waals surface area contributed by atoms with Crippen molar-refractivity contribution in [3.05, 3.63) is 45.1 Å². The predicted molar refractivity (Wildman–Crippen MR) is 92.3 cm³/mol. The fourth-order valence-electron chi connectivity index (χ4n) is 3.04. The van der Waals surface area contributed by atoms with Gasteiger partial charge < -0.3 is 14.6 Å². The highest BCUT2D eigenvalue weighted by Crippen LogP contribution is 2.33. The van der Waals surface area contributed by atoms with Gasteiger partial charge in [0.05, 0.1) is 12.5 Å². The van der Waals surface area contributed by atoms with E-state index >= 15 is 0 Å². The van der Waals surface area contributed by atoms with Gasteiger partial charge in [0.2, 0.25) is 0 Å². The van der Waals surface area contributed by atoms with Crippen LogP contribution in [0.4, 0.5) is 0 Å². The van der Waals surface area contributed by atoms with Gasteiger partial charge >= 0.3 is 0 Å². The van der Waals surface area contributed by atoms with Crippen molar-refractivity contribution in [2.45, 2.75) is 13.0 Å². The number of ether oxygens (including phenoxy) is 1. The molecule has 0 radical (unpaired) electrons. The third-order valence-corrected chi connectivity index (χ3v) is 5.36. The van der Waals surface area contributed by atoms with Crippen LogP contribution in [0.2, 0.25) is 0 Å². The second kappa shape index (κ2) is 5.47. The quantitative estimate of drug-likeness (QED) is 0.786. The molecule has 0 saturated carbocycles. The molecule has 1 aliphatic heterocycles. The molecule has 3 heterocycles. The van der Waals surface area contributed by atoms with E-state index in [1.807, 2.05) is 24.3 Å². The molecule has 4 rings (SSSR count). The van der Waals surface area contributed by atoms with E-state index in [-0.39, 0.29) is 5.56 Å². The molecular weight excluding hydrogens is 310 g/mol. The third-order valence-electron chi connectivity index (χ3n) is 4.24.